The van der Waals surface area contributed by atoms with E-state index in [2.05, 4.69) is 31.0 Å². The fraction of sp³-hybridized carbons (Fsp3) is 0.320. The maximum Gasteiger partial charge on any atom is 0.328 e. The van der Waals surface area contributed by atoms with Gasteiger partial charge in [-0.25, -0.2) is 14.8 Å². The van der Waals surface area contributed by atoms with E-state index in [4.69, 9.17) is 14.7 Å². The average Bonchev–Trinajstić information content (AvgIpc) is 3.13. The Hall–Kier alpha value is -3.26. The first-order chi connectivity index (χ1) is 16.0. The molecule has 0 unspecified atom stereocenters. The molecule has 0 atom stereocenters. The summed E-state index contributed by atoms with van der Waals surface area (Å²) in [7, 11) is 3.64. The Morgan fingerprint density at radius 2 is 1.76 bits per heavy atom. The van der Waals surface area contributed by atoms with Gasteiger partial charge in [0.2, 0.25) is 0 Å². The van der Waals surface area contributed by atoms with E-state index < -0.39 is 0 Å². The predicted octanol–water partition coefficient (Wildman–Crippen LogP) is 4.62. The van der Waals surface area contributed by atoms with Gasteiger partial charge in [-0.15, -0.1) is 0 Å². The highest BCUT2D eigenvalue weighted by Gasteiger charge is 2.19. The van der Waals surface area contributed by atoms with Crippen molar-refractivity contribution in [1.82, 2.24) is 19.5 Å². The van der Waals surface area contributed by atoms with E-state index in [1.807, 2.05) is 48.3 Å². The minimum atomic E-state index is -0.184. The van der Waals surface area contributed by atoms with Crippen LogP contribution >= 0.6 is 11.8 Å². The van der Waals surface area contributed by atoms with Crippen LogP contribution in [-0.4, -0.2) is 39.4 Å². The molecule has 0 aliphatic rings. The smallest absolute Gasteiger partial charge is 0.328 e. The van der Waals surface area contributed by atoms with Gasteiger partial charge < -0.3 is 14.6 Å². The molecule has 33 heavy (non-hydrogen) atoms. The number of H-pyrrole nitrogens is 1. The summed E-state index contributed by atoms with van der Waals surface area (Å²) >= 11 is 1.61. The molecule has 2 aromatic carbocycles. The van der Waals surface area contributed by atoms with Gasteiger partial charge in [0, 0.05) is 19.3 Å². The van der Waals surface area contributed by atoms with Gasteiger partial charge in [0.05, 0.1) is 13.7 Å². The number of thioether (sulfide) groups is 1. The minimum absolute atomic E-state index is 0.184. The standard InChI is InChI=1S/C25H29N5O2S/c1-5-14-33-24-27-22(29(3)15-18-10-12-20(32-4)13-11-18)21-23(28-24)30(25(31)26-21)16-19-8-6-17(2)7-9-19/h6-13H,5,14-16H2,1-4H3,(H,26,31). The Kier molecular flexibility index (Phi) is 7.03. The molecule has 2 aromatic heterocycles. The van der Waals surface area contributed by atoms with Crippen molar-refractivity contribution >= 4 is 28.7 Å². The van der Waals surface area contributed by atoms with E-state index >= 15 is 0 Å². The van der Waals surface area contributed by atoms with Crippen LogP contribution in [0, 0.1) is 6.92 Å². The molecular weight excluding hydrogens is 434 g/mol. The van der Waals surface area contributed by atoms with E-state index in [0.717, 1.165) is 29.1 Å². The number of imidazole rings is 1. The third kappa shape index (κ3) is 5.22. The summed E-state index contributed by atoms with van der Waals surface area (Å²) in [6, 6.07) is 16.2. The average molecular weight is 464 g/mol. The second-order valence-electron chi connectivity index (χ2n) is 8.08. The summed E-state index contributed by atoms with van der Waals surface area (Å²) in [5.74, 6) is 2.45. The summed E-state index contributed by atoms with van der Waals surface area (Å²) in [6.45, 7) is 5.28. The molecule has 2 heterocycles. The molecule has 0 amide bonds. The Morgan fingerprint density at radius 1 is 1.06 bits per heavy atom. The minimum Gasteiger partial charge on any atom is -0.497 e. The molecule has 0 bridgehead atoms. The van der Waals surface area contributed by atoms with Crippen LogP contribution in [0.2, 0.25) is 0 Å². The number of methoxy groups -OCH3 is 1. The normalized spacial score (nSPS) is 11.2. The largest absolute Gasteiger partial charge is 0.497 e. The molecule has 0 spiro atoms. The van der Waals surface area contributed by atoms with Gasteiger partial charge in [-0.2, -0.15) is 0 Å². The molecule has 4 aromatic rings. The van der Waals surface area contributed by atoms with Crippen LogP contribution in [0.4, 0.5) is 5.82 Å². The highest BCUT2D eigenvalue weighted by molar-refractivity contribution is 7.99. The molecule has 7 nitrogen and oxygen atoms in total. The van der Waals surface area contributed by atoms with Crippen molar-refractivity contribution in [1.29, 1.82) is 0 Å². The molecule has 8 heteroatoms. The Morgan fingerprint density at radius 3 is 2.42 bits per heavy atom. The third-order valence-corrected chi connectivity index (χ3v) is 6.47. The number of aromatic amines is 1. The van der Waals surface area contributed by atoms with Gasteiger partial charge in [0.1, 0.15) is 11.3 Å². The number of anilines is 1. The first-order valence-corrected chi connectivity index (χ1v) is 12.0. The lowest BCUT2D eigenvalue weighted by Crippen LogP contribution is -2.19. The van der Waals surface area contributed by atoms with E-state index in [1.165, 1.54) is 5.56 Å². The lowest BCUT2D eigenvalue weighted by molar-refractivity contribution is 0.414. The molecule has 172 valence electrons. The lowest BCUT2D eigenvalue weighted by Gasteiger charge is -2.19. The first kappa shape index (κ1) is 22.9. The third-order valence-electron chi connectivity index (χ3n) is 5.42. The molecule has 0 aliphatic carbocycles. The number of hydrogen-bond donors (Lipinski definition) is 1. The van der Waals surface area contributed by atoms with Crippen molar-refractivity contribution < 1.29 is 4.74 Å². The van der Waals surface area contributed by atoms with Crippen LogP contribution in [0.15, 0.2) is 58.5 Å². The zero-order chi connectivity index (χ0) is 23.4. The summed E-state index contributed by atoms with van der Waals surface area (Å²) < 4.78 is 6.96. The van der Waals surface area contributed by atoms with Crippen LogP contribution in [0.3, 0.4) is 0 Å². The zero-order valence-electron chi connectivity index (χ0n) is 19.5. The van der Waals surface area contributed by atoms with Crippen molar-refractivity contribution in [2.24, 2.45) is 0 Å². The topological polar surface area (TPSA) is 76.0 Å². The SMILES string of the molecule is CCCSc1nc(N(C)Cc2ccc(OC)cc2)c2[nH]c(=O)n(Cc3ccc(C)cc3)c2n1. The fourth-order valence-electron chi connectivity index (χ4n) is 3.63. The fourth-order valence-corrected chi connectivity index (χ4v) is 4.32. The van der Waals surface area contributed by atoms with Crippen molar-refractivity contribution in [3.63, 3.8) is 0 Å². The Labute approximate surface area is 197 Å². The summed E-state index contributed by atoms with van der Waals surface area (Å²) in [5, 5.41) is 0.678. The number of ether oxygens (including phenoxy) is 1. The van der Waals surface area contributed by atoms with Crippen LogP contribution in [-0.2, 0) is 13.1 Å². The highest BCUT2D eigenvalue weighted by Crippen LogP contribution is 2.27. The van der Waals surface area contributed by atoms with Crippen molar-refractivity contribution in [2.75, 3.05) is 24.8 Å². The van der Waals surface area contributed by atoms with Crippen molar-refractivity contribution in [2.45, 2.75) is 38.5 Å². The summed E-state index contributed by atoms with van der Waals surface area (Å²) in [6.07, 6.45) is 1.02. The molecule has 4 rings (SSSR count). The van der Waals surface area contributed by atoms with Crippen LogP contribution < -0.4 is 15.3 Å². The molecule has 0 saturated carbocycles. The molecule has 0 radical (unpaired) electrons. The van der Waals surface area contributed by atoms with Gasteiger partial charge in [-0.05, 0) is 36.6 Å². The van der Waals surface area contributed by atoms with Crippen molar-refractivity contribution in [3.8, 4) is 5.75 Å². The maximum atomic E-state index is 12.9. The van der Waals surface area contributed by atoms with Crippen LogP contribution in [0.25, 0.3) is 11.2 Å². The number of hydrogen-bond acceptors (Lipinski definition) is 6. The second-order valence-corrected chi connectivity index (χ2v) is 9.14. The van der Waals surface area contributed by atoms with E-state index in [-0.39, 0.29) is 5.69 Å². The van der Waals surface area contributed by atoms with Gasteiger partial charge in [0.25, 0.3) is 0 Å². The molecular formula is C25H29N5O2S. The second kappa shape index (κ2) is 10.1. The monoisotopic (exact) mass is 463 g/mol. The van der Waals surface area contributed by atoms with E-state index in [9.17, 15) is 4.79 Å². The molecule has 0 fully saturated rings. The van der Waals surface area contributed by atoms with E-state index in [1.54, 1.807) is 23.4 Å². The van der Waals surface area contributed by atoms with Crippen LogP contribution in [0.1, 0.15) is 30.0 Å². The van der Waals surface area contributed by atoms with Gasteiger partial charge in [-0.1, -0.05) is 60.6 Å². The lowest BCUT2D eigenvalue weighted by atomic mass is 10.1. The number of rotatable bonds is 9. The number of nitrogens with zero attached hydrogens (tertiary/aromatic N) is 4. The summed E-state index contributed by atoms with van der Waals surface area (Å²) in [4.78, 5) is 27.6. The predicted molar refractivity (Wildman–Crippen MR) is 135 cm³/mol. The molecule has 1 N–H and O–H groups in total. The van der Waals surface area contributed by atoms with E-state index in [0.29, 0.717) is 35.2 Å². The maximum absolute atomic E-state index is 12.9. The highest BCUT2D eigenvalue weighted by atomic mass is 32.2. The number of benzene rings is 2. The van der Waals surface area contributed by atoms with Gasteiger partial charge in [-0.3, -0.25) is 4.57 Å². The molecule has 0 saturated heterocycles. The first-order valence-electron chi connectivity index (χ1n) is 11.0. The number of aryl methyl sites for hydroxylation is 1. The van der Waals surface area contributed by atoms with Crippen LogP contribution in [0.5, 0.6) is 5.75 Å². The Balaban J connectivity index is 1.73. The number of nitrogens with one attached hydrogen (secondary N) is 1. The number of fused-ring (bicyclic) bond motifs is 1. The number of aromatic nitrogens is 4. The quantitative estimate of drug-likeness (QED) is 0.288. The van der Waals surface area contributed by atoms with Gasteiger partial charge >= 0.3 is 5.69 Å². The van der Waals surface area contributed by atoms with Gasteiger partial charge in [0.15, 0.2) is 16.6 Å². The molecule has 0 aliphatic heterocycles. The van der Waals surface area contributed by atoms with Crippen molar-refractivity contribution in [3.05, 3.63) is 75.7 Å². The summed E-state index contributed by atoms with van der Waals surface area (Å²) in [5.41, 5.74) is 4.46. The Bertz CT molecular complexity index is 1280. The zero-order valence-corrected chi connectivity index (χ0v) is 20.3.